The van der Waals surface area contributed by atoms with Crippen LogP contribution in [0.3, 0.4) is 0 Å². The molecule has 100 valence electrons. The van der Waals surface area contributed by atoms with Gasteiger partial charge in [-0.15, -0.1) is 10.2 Å². The quantitative estimate of drug-likeness (QED) is 0.835. The molecule has 0 amide bonds. The third kappa shape index (κ3) is 3.31. The monoisotopic (exact) mass is 278 g/mol. The first-order valence-electron chi connectivity index (χ1n) is 5.72. The van der Waals surface area contributed by atoms with Gasteiger partial charge in [0, 0.05) is 12.4 Å². The Balaban J connectivity index is 2.22. The highest BCUT2D eigenvalue weighted by atomic mass is 32.2. The highest BCUT2D eigenvalue weighted by Gasteiger charge is 2.12. The molecule has 2 aromatic heterocycles. The maximum Gasteiger partial charge on any atom is 0.313 e. The minimum atomic E-state index is -0.864. The van der Waals surface area contributed by atoms with Crippen molar-refractivity contribution < 1.29 is 9.90 Å². The van der Waals surface area contributed by atoms with Crippen LogP contribution in [0.1, 0.15) is 17.0 Å². The average Bonchev–Trinajstić information content (AvgIpc) is 2.71. The van der Waals surface area contributed by atoms with Crippen molar-refractivity contribution in [1.82, 2.24) is 19.7 Å². The molecular formula is C12H14N4O2S. The summed E-state index contributed by atoms with van der Waals surface area (Å²) >= 11 is 1.18. The number of carboxylic acid groups (broad SMARTS) is 1. The molecule has 6 nitrogen and oxygen atoms in total. The minimum absolute atomic E-state index is 0.0204. The van der Waals surface area contributed by atoms with E-state index in [-0.39, 0.29) is 5.75 Å². The van der Waals surface area contributed by atoms with E-state index in [0.29, 0.717) is 11.7 Å². The Morgan fingerprint density at radius 2 is 2.21 bits per heavy atom. The van der Waals surface area contributed by atoms with Crippen molar-refractivity contribution >= 4 is 17.7 Å². The summed E-state index contributed by atoms with van der Waals surface area (Å²) < 4.78 is 1.91. The summed E-state index contributed by atoms with van der Waals surface area (Å²) in [6, 6.07) is 1.94. The normalized spacial score (nSPS) is 10.6. The predicted molar refractivity (Wildman–Crippen MR) is 71.2 cm³/mol. The third-order valence-corrected chi connectivity index (χ3v) is 3.64. The molecule has 0 aliphatic heterocycles. The maximum atomic E-state index is 10.6. The van der Waals surface area contributed by atoms with Crippen molar-refractivity contribution in [3.63, 3.8) is 0 Å². The standard InChI is InChI=1S/C12H14N4O2S/c1-8-5-13-4-3-10(8)6-16-9(2)14-15-12(16)19-7-11(17)18/h3-5H,6-7H2,1-2H3,(H,17,18). The van der Waals surface area contributed by atoms with E-state index in [2.05, 4.69) is 15.2 Å². The molecule has 19 heavy (non-hydrogen) atoms. The lowest BCUT2D eigenvalue weighted by atomic mass is 10.1. The Bertz CT molecular complexity index is 597. The topological polar surface area (TPSA) is 80.9 Å². The van der Waals surface area contributed by atoms with Gasteiger partial charge in [0.2, 0.25) is 0 Å². The summed E-state index contributed by atoms with van der Waals surface area (Å²) in [5.74, 6) is -0.116. The lowest BCUT2D eigenvalue weighted by molar-refractivity contribution is -0.133. The van der Waals surface area contributed by atoms with Crippen LogP contribution in [0.15, 0.2) is 23.6 Å². The lowest BCUT2D eigenvalue weighted by Crippen LogP contribution is -2.07. The van der Waals surface area contributed by atoms with E-state index in [1.165, 1.54) is 11.8 Å². The molecule has 0 spiro atoms. The minimum Gasteiger partial charge on any atom is -0.481 e. The third-order valence-electron chi connectivity index (χ3n) is 2.69. The first-order chi connectivity index (χ1) is 9.08. The molecule has 2 heterocycles. The second-order valence-electron chi connectivity index (χ2n) is 4.10. The number of aliphatic carboxylic acids is 1. The summed E-state index contributed by atoms with van der Waals surface area (Å²) in [6.45, 7) is 4.47. The van der Waals surface area contributed by atoms with E-state index in [1.807, 2.05) is 24.5 Å². The van der Waals surface area contributed by atoms with Crippen molar-refractivity contribution in [2.24, 2.45) is 0 Å². The SMILES string of the molecule is Cc1cnccc1Cn1c(C)nnc1SCC(=O)O. The Hall–Kier alpha value is -1.89. The van der Waals surface area contributed by atoms with Gasteiger partial charge in [0.1, 0.15) is 5.82 Å². The van der Waals surface area contributed by atoms with Gasteiger partial charge in [0.25, 0.3) is 0 Å². The van der Waals surface area contributed by atoms with Crippen LogP contribution in [-0.2, 0) is 11.3 Å². The molecule has 0 unspecified atom stereocenters. The Morgan fingerprint density at radius 1 is 1.42 bits per heavy atom. The van der Waals surface area contributed by atoms with Crippen LogP contribution in [-0.4, -0.2) is 36.6 Å². The number of nitrogens with zero attached hydrogens (tertiary/aromatic N) is 4. The van der Waals surface area contributed by atoms with Gasteiger partial charge in [-0.3, -0.25) is 9.78 Å². The summed E-state index contributed by atoms with van der Waals surface area (Å²) in [5, 5.41) is 17.4. The first-order valence-corrected chi connectivity index (χ1v) is 6.70. The van der Waals surface area contributed by atoms with Crippen LogP contribution in [0.2, 0.25) is 0 Å². The highest BCUT2D eigenvalue weighted by molar-refractivity contribution is 7.99. The number of hydrogen-bond acceptors (Lipinski definition) is 5. The second kappa shape index (κ2) is 5.83. The average molecular weight is 278 g/mol. The van der Waals surface area contributed by atoms with Crippen molar-refractivity contribution in [3.05, 3.63) is 35.4 Å². The number of carbonyl (C=O) groups is 1. The lowest BCUT2D eigenvalue weighted by Gasteiger charge is -2.09. The fourth-order valence-electron chi connectivity index (χ4n) is 1.63. The van der Waals surface area contributed by atoms with Crippen LogP contribution in [0.4, 0.5) is 0 Å². The number of aryl methyl sites for hydroxylation is 2. The van der Waals surface area contributed by atoms with Gasteiger partial charge < -0.3 is 9.67 Å². The van der Waals surface area contributed by atoms with E-state index >= 15 is 0 Å². The molecule has 0 atom stereocenters. The molecule has 1 N–H and O–H groups in total. The molecule has 0 aromatic carbocycles. The van der Waals surface area contributed by atoms with Crippen LogP contribution in [0.25, 0.3) is 0 Å². The number of rotatable bonds is 5. The molecule has 7 heteroatoms. The molecule has 0 aliphatic carbocycles. The molecular weight excluding hydrogens is 264 g/mol. The molecule has 0 radical (unpaired) electrons. The molecule has 0 saturated heterocycles. The zero-order valence-electron chi connectivity index (χ0n) is 10.7. The Labute approximate surface area is 114 Å². The zero-order valence-corrected chi connectivity index (χ0v) is 11.5. The summed E-state index contributed by atoms with van der Waals surface area (Å²) in [6.07, 6.45) is 3.55. The van der Waals surface area contributed by atoms with E-state index in [1.54, 1.807) is 12.4 Å². The molecule has 0 bridgehead atoms. The zero-order chi connectivity index (χ0) is 13.8. The molecule has 2 aromatic rings. The van der Waals surface area contributed by atoms with Crippen molar-refractivity contribution in [2.45, 2.75) is 25.5 Å². The summed E-state index contributed by atoms with van der Waals surface area (Å²) in [7, 11) is 0. The largest absolute Gasteiger partial charge is 0.481 e. The highest BCUT2D eigenvalue weighted by Crippen LogP contribution is 2.19. The van der Waals surface area contributed by atoms with Crippen molar-refractivity contribution in [1.29, 1.82) is 0 Å². The van der Waals surface area contributed by atoms with Crippen LogP contribution in [0, 0.1) is 13.8 Å². The van der Waals surface area contributed by atoms with Crippen molar-refractivity contribution in [3.8, 4) is 0 Å². The first kappa shape index (κ1) is 13.5. The van der Waals surface area contributed by atoms with Crippen LogP contribution in [0.5, 0.6) is 0 Å². The molecule has 0 saturated carbocycles. The van der Waals surface area contributed by atoms with Gasteiger partial charge in [0.15, 0.2) is 5.16 Å². The fraction of sp³-hybridized carbons (Fsp3) is 0.333. The Morgan fingerprint density at radius 3 is 2.89 bits per heavy atom. The predicted octanol–water partition coefficient (Wildman–Crippen LogP) is 1.51. The van der Waals surface area contributed by atoms with Gasteiger partial charge in [-0.1, -0.05) is 11.8 Å². The molecule has 0 fully saturated rings. The van der Waals surface area contributed by atoms with Gasteiger partial charge in [-0.2, -0.15) is 0 Å². The summed E-state index contributed by atoms with van der Waals surface area (Å²) in [5.41, 5.74) is 2.21. The van der Waals surface area contributed by atoms with E-state index in [4.69, 9.17) is 5.11 Å². The smallest absolute Gasteiger partial charge is 0.313 e. The maximum absolute atomic E-state index is 10.6. The summed E-state index contributed by atoms with van der Waals surface area (Å²) in [4.78, 5) is 14.7. The van der Waals surface area contributed by atoms with Gasteiger partial charge >= 0.3 is 5.97 Å². The molecule has 0 aliphatic rings. The fourth-order valence-corrected chi connectivity index (χ4v) is 2.33. The number of pyridine rings is 1. The van der Waals surface area contributed by atoms with Gasteiger partial charge in [-0.25, -0.2) is 0 Å². The Kier molecular flexibility index (Phi) is 4.16. The van der Waals surface area contributed by atoms with Crippen LogP contribution < -0.4 is 0 Å². The molecule has 2 rings (SSSR count). The van der Waals surface area contributed by atoms with Crippen LogP contribution >= 0.6 is 11.8 Å². The number of aromatic nitrogens is 4. The van der Waals surface area contributed by atoms with Gasteiger partial charge in [-0.05, 0) is 31.0 Å². The van der Waals surface area contributed by atoms with E-state index in [0.717, 1.165) is 17.0 Å². The number of thioether (sulfide) groups is 1. The number of carboxylic acids is 1. The van der Waals surface area contributed by atoms with Gasteiger partial charge in [0.05, 0.1) is 12.3 Å². The number of hydrogen-bond donors (Lipinski definition) is 1. The van der Waals surface area contributed by atoms with Crippen molar-refractivity contribution in [2.75, 3.05) is 5.75 Å². The van der Waals surface area contributed by atoms with E-state index in [9.17, 15) is 4.79 Å². The second-order valence-corrected chi connectivity index (χ2v) is 5.04. The van der Waals surface area contributed by atoms with E-state index < -0.39 is 5.97 Å².